The number of carbonyl (C=O) groups is 1. The van der Waals surface area contributed by atoms with Crippen molar-refractivity contribution in [2.24, 2.45) is 0 Å². The van der Waals surface area contributed by atoms with Crippen molar-refractivity contribution in [1.82, 2.24) is 4.90 Å². The second-order valence-corrected chi connectivity index (χ2v) is 7.46. The Hall–Kier alpha value is -1.35. The minimum atomic E-state index is -0.808. The lowest BCUT2D eigenvalue weighted by molar-refractivity contribution is 0.0693. The molecule has 3 heteroatoms. The molecule has 0 saturated heterocycles. The van der Waals surface area contributed by atoms with Crippen LogP contribution in [0.25, 0.3) is 0 Å². The first-order valence-electron chi connectivity index (χ1n) is 9.73. The summed E-state index contributed by atoms with van der Waals surface area (Å²) in [4.78, 5) is 13.9. The lowest BCUT2D eigenvalue weighted by atomic mass is 9.84. The zero-order chi connectivity index (χ0) is 19.7. The van der Waals surface area contributed by atoms with E-state index < -0.39 is 5.97 Å². The molecule has 1 aromatic carbocycles. The van der Waals surface area contributed by atoms with E-state index in [0.717, 1.165) is 11.1 Å². The average molecular weight is 350 g/mol. The van der Waals surface area contributed by atoms with E-state index in [2.05, 4.69) is 79.3 Å². The Bertz CT molecular complexity index is 494. The quantitative estimate of drug-likeness (QED) is 0.646. The molecule has 0 heterocycles. The maximum Gasteiger partial charge on any atom is 0.336 e. The van der Waals surface area contributed by atoms with Crippen molar-refractivity contribution >= 4 is 5.97 Å². The number of aromatic carboxylic acids is 1. The minimum Gasteiger partial charge on any atom is -0.478 e. The van der Waals surface area contributed by atoms with E-state index in [1.165, 1.54) is 25.2 Å². The first-order valence-corrected chi connectivity index (χ1v) is 9.73. The molecule has 0 bridgehead atoms. The Morgan fingerprint density at radius 1 is 0.840 bits per heavy atom. The fraction of sp³-hybridized carbons (Fsp3) is 0.682. The van der Waals surface area contributed by atoms with Crippen LogP contribution in [0.3, 0.4) is 0 Å². The van der Waals surface area contributed by atoms with Crippen LogP contribution in [-0.2, 0) is 0 Å². The Morgan fingerprint density at radius 3 is 1.36 bits per heavy atom. The highest BCUT2D eigenvalue weighted by Gasteiger charge is 2.21. The van der Waals surface area contributed by atoms with Gasteiger partial charge in [-0.25, -0.2) is 4.79 Å². The van der Waals surface area contributed by atoms with E-state index in [-0.39, 0.29) is 11.8 Å². The maximum atomic E-state index is 11.5. The first kappa shape index (κ1) is 23.6. The van der Waals surface area contributed by atoms with Crippen LogP contribution in [0.15, 0.2) is 12.1 Å². The summed E-state index contributed by atoms with van der Waals surface area (Å²) in [6.45, 7) is 22.6. The molecule has 0 unspecified atom stereocenters. The van der Waals surface area contributed by atoms with Crippen molar-refractivity contribution in [1.29, 1.82) is 0 Å². The number of hydrogen-bond acceptors (Lipinski definition) is 2. The summed E-state index contributed by atoms with van der Waals surface area (Å²) in [6, 6.07) is 4.12. The van der Waals surface area contributed by atoms with Gasteiger partial charge >= 0.3 is 5.97 Å². The van der Waals surface area contributed by atoms with E-state index >= 15 is 0 Å². The average Bonchev–Trinajstić information content (AvgIpc) is 2.55. The molecule has 0 aliphatic rings. The predicted molar refractivity (Wildman–Crippen MR) is 109 cm³/mol. The monoisotopic (exact) mass is 349 g/mol. The summed E-state index contributed by atoms with van der Waals surface area (Å²) < 4.78 is 0. The van der Waals surface area contributed by atoms with Gasteiger partial charge in [-0.05, 0) is 54.1 Å². The highest BCUT2D eigenvalue weighted by molar-refractivity contribution is 5.92. The molecule has 1 N–H and O–H groups in total. The molecular weight excluding hydrogens is 310 g/mol. The lowest BCUT2D eigenvalue weighted by Crippen LogP contribution is -2.21. The van der Waals surface area contributed by atoms with Gasteiger partial charge in [-0.15, -0.1) is 0 Å². The predicted octanol–water partition coefficient (Wildman–Crippen LogP) is 6.10. The van der Waals surface area contributed by atoms with Gasteiger partial charge in [-0.2, -0.15) is 0 Å². The molecule has 0 spiro atoms. The van der Waals surface area contributed by atoms with Crippen LogP contribution in [0.4, 0.5) is 0 Å². The number of benzene rings is 1. The third-order valence-corrected chi connectivity index (χ3v) is 4.69. The summed E-state index contributed by atoms with van der Waals surface area (Å²) in [6.07, 6.45) is 0. The molecular formula is C22H39NO2. The van der Waals surface area contributed by atoms with Crippen molar-refractivity contribution in [2.75, 3.05) is 19.6 Å². The normalized spacial score (nSPS) is 11.2. The van der Waals surface area contributed by atoms with Crippen LogP contribution in [0.2, 0.25) is 0 Å². The highest BCUT2D eigenvalue weighted by atomic mass is 16.4. The van der Waals surface area contributed by atoms with Crippen molar-refractivity contribution in [3.05, 3.63) is 34.4 Å². The lowest BCUT2D eigenvalue weighted by Gasteiger charge is -2.20. The van der Waals surface area contributed by atoms with Crippen LogP contribution < -0.4 is 0 Å². The van der Waals surface area contributed by atoms with Gasteiger partial charge in [0.15, 0.2) is 0 Å². The van der Waals surface area contributed by atoms with Gasteiger partial charge in [0.05, 0.1) is 5.56 Å². The fourth-order valence-electron chi connectivity index (χ4n) is 2.87. The minimum absolute atomic E-state index is 0.229. The van der Waals surface area contributed by atoms with Crippen LogP contribution >= 0.6 is 0 Å². The Kier molecular flexibility index (Phi) is 10.7. The van der Waals surface area contributed by atoms with Crippen molar-refractivity contribution in [2.45, 2.75) is 80.1 Å². The SMILES string of the molecule is CC(C)c1cc(C(C)C)c(C(=O)O)c(C(C)C)c1.CCN(CC)CC. The molecule has 0 amide bonds. The molecule has 144 valence electrons. The van der Waals surface area contributed by atoms with Crippen molar-refractivity contribution in [3.8, 4) is 0 Å². The van der Waals surface area contributed by atoms with Gasteiger partial charge in [0.25, 0.3) is 0 Å². The van der Waals surface area contributed by atoms with Crippen LogP contribution in [0.1, 0.15) is 107 Å². The third-order valence-electron chi connectivity index (χ3n) is 4.69. The second-order valence-electron chi connectivity index (χ2n) is 7.46. The molecule has 0 radical (unpaired) electrons. The van der Waals surface area contributed by atoms with Crippen molar-refractivity contribution < 1.29 is 9.90 Å². The molecule has 0 saturated carbocycles. The topological polar surface area (TPSA) is 40.5 Å². The molecule has 1 rings (SSSR count). The molecule has 0 aliphatic carbocycles. The van der Waals surface area contributed by atoms with Gasteiger partial charge in [0, 0.05) is 0 Å². The summed E-state index contributed by atoms with van der Waals surface area (Å²) in [5, 5.41) is 9.47. The Labute approximate surface area is 155 Å². The standard InChI is InChI=1S/C16H24O2.C6H15N/c1-9(2)12-7-13(10(3)4)15(16(17)18)14(8-12)11(5)6;1-4-7(5-2)6-3/h7-11H,1-6H3,(H,17,18);4-6H2,1-3H3. The summed E-state index contributed by atoms with van der Waals surface area (Å²) in [5.41, 5.74) is 3.65. The van der Waals surface area contributed by atoms with Crippen molar-refractivity contribution in [3.63, 3.8) is 0 Å². The van der Waals surface area contributed by atoms with Crippen LogP contribution in [-0.4, -0.2) is 35.6 Å². The third kappa shape index (κ3) is 7.19. The van der Waals surface area contributed by atoms with Gasteiger partial charge in [-0.3, -0.25) is 0 Å². The molecule has 3 nitrogen and oxygen atoms in total. The van der Waals surface area contributed by atoms with Gasteiger partial charge in [0.2, 0.25) is 0 Å². The largest absolute Gasteiger partial charge is 0.478 e. The maximum absolute atomic E-state index is 11.5. The fourth-order valence-corrected chi connectivity index (χ4v) is 2.87. The Morgan fingerprint density at radius 2 is 1.20 bits per heavy atom. The van der Waals surface area contributed by atoms with Gasteiger partial charge < -0.3 is 10.0 Å². The highest BCUT2D eigenvalue weighted by Crippen LogP contribution is 2.31. The van der Waals surface area contributed by atoms with E-state index in [1.807, 2.05) is 0 Å². The number of carboxylic acid groups (broad SMARTS) is 1. The molecule has 1 aromatic rings. The molecule has 0 aliphatic heterocycles. The second kappa shape index (κ2) is 11.3. The summed E-state index contributed by atoms with van der Waals surface area (Å²) in [7, 11) is 0. The van der Waals surface area contributed by atoms with Crippen LogP contribution in [0, 0.1) is 0 Å². The smallest absolute Gasteiger partial charge is 0.336 e. The van der Waals surface area contributed by atoms with E-state index in [4.69, 9.17) is 0 Å². The summed E-state index contributed by atoms with van der Waals surface area (Å²) >= 11 is 0. The first-order chi connectivity index (χ1) is 11.6. The van der Waals surface area contributed by atoms with Gasteiger partial charge in [-0.1, -0.05) is 74.4 Å². The number of carboxylic acids is 1. The molecule has 0 atom stereocenters. The number of hydrogen-bond donors (Lipinski definition) is 1. The molecule has 0 fully saturated rings. The number of rotatable bonds is 7. The van der Waals surface area contributed by atoms with Crippen LogP contribution in [0.5, 0.6) is 0 Å². The van der Waals surface area contributed by atoms with E-state index in [0.29, 0.717) is 11.5 Å². The van der Waals surface area contributed by atoms with E-state index in [1.54, 1.807) is 0 Å². The summed E-state index contributed by atoms with van der Waals surface area (Å²) in [5.74, 6) is 0.0696. The molecule has 25 heavy (non-hydrogen) atoms. The van der Waals surface area contributed by atoms with E-state index in [9.17, 15) is 9.90 Å². The Balaban J connectivity index is 0.000000697. The zero-order valence-electron chi connectivity index (χ0n) is 17.8. The van der Waals surface area contributed by atoms with Gasteiger partial charge in [0.1, 0.15) is 0 Å². The molecule has 0 aromatic heterocycles. The number of nitrogens with zero attached hydrogens (tertiary/aromatic N) is 1. The zero-order valence-corrected chi connectivity index (χ0v) is 17.8.